The normalized spacial score (nSPS) is 10.3. The number of nitrogens with two attached hydrogens (primary N) is 1. The summed E-state index contributed by atoms with van der Waals surface area (Å²) in [7, 11) is 1.74. The molecule has 0 heterocycles. The molecule has 136 valence electrons. The number of nitrogen functional groups attached to an aromatic ring is 1. The number of anilines is 3. The zero-order valence-electron chi connectivity index (χ0n) is 15.1. The summed E-state index contributed by atoms with van der Waals surface area (Å²) in [4.78, 5) is 26.3. The quantitative estimate of drug-likeness (QED) is 0.682. The van der Waals surface area contributed by atoms with Crippen LogP contribution in [0.25, 0.3) is 0 Å². The summed E-state index contributed by atoms with van der Waals surface area (Å²) in [5.74, 6) is -0.235. The summed E-state index contributed by atoms with van der Waals surface area (Å²) in [5, 5.41) is 2.84. The molecular formula is C22H21N3O2. The molecule has 27 heavy (non-hydrogen) atoms. The van der Waals surface area contributed by atoms with Gasteiger partial charge >= 0.3 is 0 Å². The van der Waals surface area contributed by atoms with Crippen LogP contribution in [0.1, 0.15) is 15.9 Å². The van der Waals surface area contributed by atoms with Crippen molar-refractivity contribution >= 4 is 28.9 Å². The second-order valence-electron chi connectivity index (χ2n) is 6.24. The van der Waals surface area contributed by atoms with Gasteiger partial charge < -0.3 is 16.0 Å². The monoisotopic (exact) mass is 359 g/mol. The van der Waals surface area contributed by atoms with Crippen LogP contribution < -0.4 is 16.0 Å². The minimum Gasteiger partial charge on any atom is -0.399 e. The third kappa shape index (κ3) is 4.73. The first kappa shape index (κ1) is 18.2. The zero-order valence-corrected chi connectivity index (χ0v) is 15.1. The van der Waals surface area contributed by atoms with Gasteiger partial charge in [0.1, 0.15) is 0 Å². The predicted octanol–water partition coefficient (Wildman–Crippen LogP) is 3.73. The third-order valence-electron chi connectivity index (χ3n) is 4.21. The van der Waals surface area contributed by atoms with Gasteiger partial charge in [-0.2, -0.15) is 0 Å². The molecule has 0 aliphatic carbocycles. The van der Waals surface area contributed by atoms with E-state index in [-0.39, 0.29) is 18.2 Å². The lowest BCUT2D eigenvalue weighted by molar-refractivity contribution is -0.115. The smallest absolute Gasteiger partial charge is 0.258 e. The first-order chi connectivity index (χ1) is 13.0. The van der Waals surface area contributed by atoms with Crippen molar-refractivity contribution in [3.8, 4) is 0 Å². The SMILES string of the molecule is CN(C(=O)c1ccc(NC(=O)Cc2ccc(N)cc2)cc1)c1ccccc1. The van der Waals surface area contributed by atoms with E-state index in [2.05, 4.69) is 5.32 Å². The second kappa shape index (κ2) is 8.19. The highest BCUT2D eigenvalue weighted by molar-refractivity contribution is 6.06. The number of nitrogens with zero attached hydrogens (tertiary/aromatic N) is 1. The number of amides is 2. The minimum absolute atomic E-state index is 0.110. The lowest BCUT2D eigenvalue weighted by Crippen LogP contribution is -2.26. The minimum atomic E-state index is -0.125. The summed E-state index contributed by atoms with van der Waals surface area (Å²) >= 11 is 0. The zero-order chi connectivity index (χ0) is 19.2. The van der Waals surface area contributed by atoms with Crippen LogP contribution in [0.2, 0.25) is 0 Å². The van der Waals surface area contributed by atoms with Gasteiger partial charge in [-0.25, -0.2) is 0 Å². The maximum Gasteiger partial charge on any atom is 0.258 e. The molecule has 0 atom stereocenters. The molecule has 5 nitrogen and oxygen atoms in total. The van der Waals surface area contributed by atoms with E-state index in [9.17, 15) is 9.59 Å². The molecule has 3 N–H and O–H groups in total. The number of benzene rings is 3. The van der Waals surface area contributed by atoms with E-state index >= 15 is 0 Å². The van der Waals surface area contributed by atoms with Crippen LogP contribution >= 0.6 is 0 Å². The Morgan fingerprint density at radius 1 is 0.889 bits per heavy atom. The number of carbonyl (C=O) groups excluding carboxylic acids is 2. The van der Waals surface area contributed by atoms with Crippen LogP contribution in [0.3, 0.4) is 0 Å². The summed E-state index contributed by atoms with van der Waals surface area (Å²) in [6.07, 6.45) is 0.262. The van der Waals surface area contributed by atoms with Gasteiger partial charge in [-0.3, -0.25) is 9.59 Å². The Balaban J connectivity index is 1.62. The van der Waals surface area contributed by atoms with E-state index in [4.69, 9.17) is 5.73 Å². The fourth-order valence-corrected chi connectivity index (χ4v) is 2.68. The van der Waals surface area contributed by atoms with Crippen LogP contribution in [0.4, 0.5) is 17.1 Å². The van der Waals surface area contributed by atoms with Gasteiger partial charge in [0, 0.05) is 29.7 Å². The van der Waals surface area contributed by atoms with Gasteiger partial charge in [-0.1, -0.05) is 30.3 Å². The molecule has 0 saturated heterocycles. The molecule has 0 fully saturated rings. The van der Waals surface area contributed by atoms with E-state index in [1.807, 2.05) is 42.5 Å². The van der Waals surface area contributed by atoms with Crippen molar-refractivity contribution in [3.63, 3.8) is 0 Å². The molecule has 3 rings (SSSR count). The Kier molecular flexibility index (Phi) is 5.52. The molecular weight excluding hydrogens is 338 g/mol. The largest absolute Gasteiger partial charge is 0.399 e. The van der Waals surface area contributed by atoms with Crippen molar-refractivity contribution in [1.29, 1.82) is 0 Å². The highest BCUT2D eigenvalue weighted by Gasteiger charge is 2.13. The summed E-state index contributed by atoms with van der Waals surface area (Å²) in [5.41, 5.74) is 9.22. The Hall–Kier alpha value is -3.60. The van der Waals surface area contributed by atoms with Crippen LogP contribution in [-0.2, 0) is 11.2 Å². The van der Waals surface area contributed by atoms with Gasteiger partial charge in [0.05, 0.1) is 6.42 Å². The van der Waals surface area contributed by atoms with Crippen LogP contribution in [0.5, 0.6) is 0 Å². The highest BCUT2D eigenvalue weighted by Crippen LogP contribution is 2.17. The summed E-state index contributed by atoms with van der Waals surface area (Å²) < 4.78 is 0. The first-order valence-corrected chi connectivity index (χ1v) is 8.60. The molecule has 5 heteroatoms. The summed E-state index contributed by atoms with van der Waals surface area (Å²) in [6, 6.07) is 23.5. The molecule has 0 spiro atoms. The number of rotatable bonds is 5. The Morgan fingerprint density at radius 3 is 2.15 bits per heavy atom. The number of para-hydroxylation sites is 1. The lowest BCUT2D eigenvalue weighted by atomic mass is 10.1. The van der Waals surface area contributed by atoms with Crippen LogP contribution in [-0.4, -0.2) is 18.9 Å². The highest BCUT2D eigenvalue weighted by atomic mass is 16.2. The van der Waals surface area contributed by atoms with Crippen molar-refractivity contribution in [2.75, 3.05) is 23.0 Å². The van der Waals surface area contributed by atoms with Crippen LogP contribution in [0, 0.1) is 0 Å². The van der Waals surface area contributed by atoms with E-state index in [1.165, 1.54) is 0 Å². The van der Waals surface area contributed by atoms with Gasteiger partial charge in [0.25, 0.3) is 5.91 Å². The fourth-order valence-electron chi connectivity index (χ4n) is 2.68. The van der Waals surface area contributed by atoms with E-state index in [1.54, 1.807) is 48.3 Å². The lowest BCUT2D eigenvalue weighted by Gasteiger charge is -2.17. The molecule has 3 aromatic carbocycles. The van der Waals surface area contributed by atoms with Crippen molar-refractivity contribution in [3.05, 3.63) is 90.0 Å². The van der Waals surface area contributed by atoms with Gasteiger partial charge in [-0.15, -0.1) is 0 Å². The molecule has 0 aliphatic rings. The second-order valence-corrected chi connectivity index (χ2v) is 6.24. The maximum absolute atomic E-state index is 12.6. The van der Waals surface area contributed by atoms with E-state index < -0.39 is 0 Å². The number of hydrogen-bond acceptors (Lipinski definition) is 3. The van der Waals surface area contributed by atoms with Gasteiger partial charge in [-0.05, 0) is 54.1 Å². The van der Waals surface area contributed by atoms with E-state index in [0.29, 0.717) is 16.9 Å². The fraction of sp³-hybridized carbons (Fsp3) is 0.0909. The molecule has 0 unspecified atom stereocenters. The van der Waals surface area contributed by atoms with Crippen molar-refractivity contribution in [1.82, 2.24) is 0 Å². The van der Waals surface area contributed by atoms with E-state index in [0.717, 1.165) is 11.3 Å². The molecule has 0 radical (unpaired) electrons. The average Bonchev–Trinajstić information content (AvgIpc) is 2.70. The van der Waals surface area contributed by atoms with Crippen molar-refractivity contribution in [2.45, 2.75) is 6.42 Å². The molecule has 3 aromatic rings. The van der Waals surface area contributed by atoms with Gasteiger partial charge in [0.2, 0.25) is 5.91 Å². The van der Waals surface area contributed by atoms with Crippen LogP contribution in [0.15, 0.2) is 78.9 Å². The third-order valence-corrected chi connectivity index (χ3v) is 4.21. The Labute approximate surface area is 158 Å². The Bertz CT molecular complexity index is 920. The average molecular weight is 359 g/mol. The molecule has 0 aliphatic heterocycles. The topological polar surface area (TPSA) is 75.4 Å². The standard InChI is InChI=1S/C22H21N3O2/c1-25(20-5-3-2-4-6-20)22(27)17-9-13-19(14-10-17)24-21(26)15-16-7-11-18(23)12-8-16/h2-14H,15,23H2,1H3,(H,24,26). The number of nitrogens with one attached hydrogen (secondary N) is 1. The summed E-state index contributed by atoms with van der Waals surface area (Å²) in [6.45, 7) is 0. The molecule has 2 amide bonds. The molecule has 0 bridgehead atoms. The van der Waals surface area contributed by atoms with Crippen molar-refractivity contribution in [2.24, 2.45) is 0 Å². The van der Waals surface area contributed by atoms with Gasteiger partial charge in [0.15, 0.2) is 0 Å². The maximum atomic E-state index is 12.6. The Morgan fingerprint density at radius 2 is 1.52 bits per heavy atom. The number of carbonyl (C=O) groups is 2. The van der Waals surface area contributed by atoms with Crippen molar-refractivity contribution < 1.29 is 9.59 Å². The molecule has 0 aromatic heterocycles. The number of hydrogen-bond donors (Lipinski definition) is 2. The predicted molar refractivity (Wildman–Crippen MR) is 109 cm³/mol. The molecule has 0 saturated carbocycles. The first-order valence-electron chi connectivity index (χ1n) is 8.60.